The van der Waals surface area contributed by atoms with E-state index < -0.39 is 16.0 Å². The van der Waals surface area contributed by atoms with Crippen molar-refractivity contribution in [3.05, 3.63) is 85.9 Å². The van der Waals surface area contributed by atoms with E-state index in [9.17, 15) is 23.3 Å². The highest BCUT2D eigenvalue weighted by Gasteiger charge is 2.19. The quantitative estimate of drug-likeness (QED) is 0.152. The Kier molecular flexibility index (Phi) is 8.66. The molecule has 0 radical (unpaired) electrons. The van der Waals surface area contributed by atoms with Gasteiger partial charge in [-0.1, -0.05) is 12.1 Å². The number of amides is 2. The van der Waals surface area contributed by atoms with Crippen LogP contribution in [0, 0.1) is 14.9 Å². The highest BCUT2D eigenvalue weighted by molar-refractivity contribution is 14.1. The largest absolute Gasteiger partial charge is 0.378 e. The maximum absolute atomic E-state index is 12.6. The molecule has 0 bridgehead atoms. The van der Waals surface area contributed by atoms with Gasteiger partial charge in [0.15, 0.2) is 5.75 Å². The highest BCUT2D eigenvalue weighted by Crippen LogP contribution is 2.30. The predicted molar refractivity (Wildman–Crippen MR) is 144 cm³/mol. The van der Waals surface area contributed by atoms with E-state index in [0.29, 0.717) is 21.4 Å². The first-order chi connectivity index (χ1) is 16.6. The minimum Gasteiger partial charge on any atom is -0.378 e. The Morgan fingerprint density at radius 2 is 1.74 bits per heavy atom. The van der Waals surface area contributed by atoms with E-state index in [1.807, 2.05) is 12.1 Å². The molecular formula is C24H17BrIN3O5S. The summed E-state index contributed by atoms with van der Waals surface area (Å²) in [5, 5.41) is 14.7. The van der Waals surface area contributed by atoms with Crippen LogP contribution in [0.1, 0.15) is 12.5 Å². The smallest absolute Gasteiger partial charge is 0.339 e. The van der Waals surface area contributed by atoms with Gasteiger partial charge in [0.2, 0.25) is 5.91 Å². The van der Waals surface area contributed by atoms with Crippen LogP contribution in [-0.2, 0) is 19.7 Å². The topological polar surface area (TPSA) is 125 Å². The first-order valence-corrected chi connectivity index (χ1v) is 13.2. The molecule has 0 spiro atoms. The monoisotopic (exact) mass is 665 g/mol. The van der Waals surface area contributed by atoms with Gasteiger partial charge in [-0.2, -0.15) is 13.7 Å². The summed E-state index contributed by atoms with van der Waals surface area (Å²) in [5.74, 6) is -0.826. The Bertz CT molecular complexity index is 1470. The predicted octanol–water partition coefficient (Wildman–Crippen LogP) is 5.33. The van der Waals surface area contributed by atoms with Gasteiger partial charge in [0.1, 0.15) is 16.5 Å². The molecule has 0 aliphatic rings. The van der Waals surface area contributed by atoms with Gasteiger partial charge >= 0.3 is 10.1 Å². The molecule has 0 atom stereocenters. The van der Waals surface area contributed by atoms with Crippen LogP contribution in [0.2, 0.25) is 0 Å². The van der Waals surface area contributed by atoms with Gasteiger partial charge in [0.25, 0.3) is 5.91 Å². The van der Waals surface area contributed by atoms with Crippen molar-refractivity contribution in [1.82, 2.24) is 0 Å². The lowest BCUT2D eigenvalue weighted by Gasteiger charge is -2.10. The lowest BCUT2D eigenvalue weighted by Crippen LogP contribution is -2.13. The molecule has 0 saturated heterocycles. The van der Waals surface area contributed by atoms with Crippen LogP contribution in [0.25, 0.3) is 6.08 Å². The summed E-state index contributed by atoms with van der Waals surface area (Å²) in [6, 6.07) is 19.0. The number of halogens is 2. The van der Waals surface area contributed by atoms with Crippen molar-refractivity contribution in [1.29, 1.82) is 5.26 Å². The number of hydrogen-bond donors (Lipinski definition) is 2. The van der Waals surface area contributed by atoms with Gasteiger partial charge in [0.05, 0.1) is 4.47 Å². The molecule has 3 rings (SSSR count). The third-order valence-electron chi connectivity index (χ3n) is 4.38. The summed E-state index contributed by atoms with van der Waals surface area (Å²) >= 11 is 5.39. The molecule has 3 aromatic rings. The van der Waals surface area contributed by atoms with Crippen LogP contribution in [0.5, 0.6) is 5.75 Å². The second kappa shape index (κ2) is 11.5. The molecule has 3 aromatic carbocycles. The summed E-state index contributed by atoms with van der Waals surface area (Å²) in [6.07, 6.45) is 1.38. The van der Waals surface area contributed by atoms with Crippen molar-refractivity contribution < 1.29 is 22.2 Å². The summed E-state index contributed by atoms with van der Waals surface area (Å²) in [4.78, 5) is 23.5. The average Bonchev–Trinajstić information content (AvgIpc) is 2.79. The molecule has 0 aromatic heterocycles. The van der Waals surface area contributed by atoms with Crippen LogP contribution >= 0.6 is 38.5 Å². The molecule has 0 unspecified atom stereocenters. The zero-order valence-electron chi connectivity index (χ0n) is 18.1. The van der Waals surface area contributed by atoms with E-state index in [1.165, 1.54) is 55.5 Å². The SMILES string of the molecule is CC(=O)Nc1ccc(S(=O)(=O)Oc2ccc(/C=C(\C#N)C(=O)Nc3cccc(I)c3)cc2Br)cc1. The van der Waals surface area contributed by atoms with Gasteiger partial charge < -0.3 is 14.8 Å². The minimum absolute atomic E-state index is 0.0231. The second-order valence-corrected chi connectivity index (χ2v) is 10.7. The fourth-order valence-electron chi connectivity index (χ4n) is 2.83. The standard InChI is InChI=1S/C24H17BrIN3O5S/c1-15(30)28-19-6-8-21(9-7-19)35(32,33)34-23-10-5-16(12-22(23)25)11-17(14-27)24(31)29-20-4-2-3-18(26)13-20/h2-13H,1H3,(H,28,30)(H,29,31)/b17-11+. The zero-order valence-corrected chi connectivity index (χ0v) is 22.6. The van der Waals surface area contributed by atoms with Gasteiger partial charge in [-0.15, -0.1) is 0 Å². The van der Waals surface area contributed by atoms with E-state index in [4.69, 9.17) is 4.18 Å². The van der Waals surface area contributed by atoms with Crippen LogP contribution in [0.15, 0.2) is 81.7 Å². The average molecular weight is 666 g/mol. The molecule has 0 heterocycles. The first-order valence-electron chi connectivity index (χ1n) is 9.88. The van der Waals surface area contributed by atoms with Crippen molar-refractivity contribution in [2.24, 2.45) is 0 Å². The maximum Gasteiger partial charge on any atom is 0.339 e. The van der Waals surface area contributed by atoms with Gasteiger partial charge in [-0.3, -0.25) is 9.59 Å². The lowest BCUT2D eigenvalue weighted by molar-refractivity contribution is -0.114. The van der Waals surface area contributed by atoms with E-state index in [2.05, 4.69) is 49.2 Å². The van der Waals surface area contributed by atoms with Crippen LogP contribution in [0.3, 0.4) is 0 Å². The third kappa shape index (κ3) is 7.38. The molecule has 178 valence electrons. The van der Waals surface area contributed by atoms with E-state index in [1.54, 1.807) is 18.2 Å². The molecule has 0 aliphatic carbocycles. The molecule has 2 amide bonds. The molecular weight excluding hydrogens is 649 g/mol. The summed E-state index contributed by atoms with van der Waals surface area (Å²) in [6.45, 7) is 1.35. The van der Waals surface area contributed by atoms with Crippen molar-refractivity contribution in [3.63, 3.8) is 0 Å². The maximum atomic E-state index is 12.6. The fraction of sp³-hybridized carbons (Fsp3) is 0.0417. The van der Waals surface area contributed by atoms with Gasteiger partial charge in [-0.25, -0.2) is 0 Å². The first kappa shape index (κ1) is 26.4. The van der Waals surface area contributed by atoms with E-state index >= 15 is 0 Å². The number of hydrogen-bond acceptors (Lipinski definition) is 6. The van der Waals surface area contributed by atoms with Crippen molar-refractivity contribution in [2.75, 3.05) is 10.6 Å². The Labute approximate surface area is 224 Å². The molecule has 11 heteroatoms. The summed E-state index contributed by atoms with van der Waals surface area (Å²) < 4.78 is 31.8. The van der Waals surface area contributed by atoms with Crippen molar-refractivity contribution in [3.8, 4) is 11.8 Å². The Morgan fingerprint density at radius 1 is 1.03 bits per heavy atom. The van der Waals surface area contributed by atoms with Crippen LogP contribution in [-0.4, -0.2) is 20.2 Å². The molecule has 0 saturated carbocycles. The Morgan fingerprint density at radius 3 is 2.34 bits per heavy atom. The fourth-order valence-corrected chi connectivity index (χ4v) is 4.90. The van der Waals surface area contributed by atoms with Crippen LogP contribution < -0.4 is 14.8 Å². The lowest BCUT2D eigenvalue weighted by atomic mass is 10.1. The number of anilines is 2. The molecule has 0 aliphatic heterocycles. The van der Waals surface area contributed by atoms with E-state index in [0.717, 1.165) is 3.57 Å². The number of carbonyl (C=O) groups is 2. The number of nitrogens with zero attached hydrogens (tertiary/aromatic N) is 1. The summed E-state index contributed by atoms with van der Waals surface area (Å²) in [7, 11) is -4.15. The van der Waals surface area contributed by atoms with E-state index in [-0.39, 0.29) is 22.1 Å². The van der Waals surface area contributed by atoms with Crippen LogP contribution in [0.4, 0.5) is 11.4 Å². The second-order valence-electron chi connectivity index (χ2n) is 7.07. The normalized spacial score (nSPS) is 11.3. The molecule has 2 N–H and O–H groups in total. The number of nitrogens with one attached hydrogen (secondary N) is 2. The number of rotatable bonds is 7. The number of benzene rings is 3. The molecule has 0 fully saturated rings. The number of nitriles is 1. The number of carbonyl (C=O) groups excluding carboxylic acids is 2. The Hall–Kier alpha value is -3.21. The van der Waals surface area contributed by atoms with Crippen molar-refractivity contribution >= 4 is 77.9 Å². The third-order valence-corrected chi connectivity index (χ3v) is 6.92. The molecule has 35 heavy (non-hydrogen) atoms. The highest BCUT2D eigenvalue weighted by atomic mass is 127. The Balaban J connectivity index is 1.77. The van der Waals surface area contributed by atoms with Crippen molar-refractivity contribution in [2.45, 2.75) is 11.8 Å². The van der Waals surface area contributed by atoms with Gasteiger partial charge in [0, 0.05) is 21.9 Å². The van der Waals surface area contributed by atoms with Gasteiger partial charge in [-0.05, 0) is 105 Å². The molecule has 8 nitrogen and oxygen atoms in total. The summed E-state index contributed by atoms with van der Waals surface area (Å²) in [5.41, 5.74) is 1.36. The minimum atomic E-state index is -4.15. The zero-order chi connectivity index (χ0) is 25.6.